The monoisotopic (exact) mass is 474 g/mol. The summed E-state index contributed by atoms with van der Waals surface area (Å²) in [5, 5.41) is 2.59. The molecule has 28 heavy (non-hydrogen) atoms. The molecule has 148 valence electrons. The summed E-state index contributed by atoms with van der Waals surface area (Å²) in [6.07, 6.45) is 5.53. The number of benzene rings is 2. The summed E-state index contributed by atoms with van der Waals surface area (Å²) in [5.41, 5.74) is 2.04. The van der Waals surface area contributed by atoms with Crippen molar-refractivity contribution in [2.24, 2.45) is 0 Å². The van der Waals surface area contributed by atoms with E-state index in [-0.39, 0.29) is 5.25 Å². The molecule has 2 aromatic carbocycles. The highest BCUT2D eigenvalue weighted by atomic mass is 35.5. The molecule has 3 nitrogen and oxygen atoms in total. The smallest absolute Gasteiger partial charge is 0.0946 e. The van der Waals surface area contributed by atoms with Crippen LogP contribution >= 0.6 is 58.2 Å². The van der Waals surface area contributed by atoms with Crippen molar-refractivity contribution in [3.05, 3.63) is 86.3 Å². The van der Waals surface area contributed by atoms with Gasteiger partial charge < -0.3 is 9.30 Å². The summed E-state index contributed by atoms with van der Waals surface area (Å²) in [6.45, 7) is 1.80. The van der Waals surface area contributed by atoms with Gasteiger partial charge in [0.15, 0.2) is 0 Å². The average molecular weight is 476 g/mol. The van der Waals surface area contributed by atoms with E-state index in [9.17, 15) is 0 Å². The van der Waals surface area contributed by atoms with Crippen LogP contribution in [0.3, 0.4) is 0 Å². The van der Waals surface area contributed by atoms with Crippen LogP contribution in [0.25, 0.3) is 0 Å². The Labute approximate surface area is 188 Å². The van der Waals surface area contributed by atoms with E-state index >= 15 is 0 Å². The second-order valence-electron chi connectivity index (χ2n) is 6.19. The van der Waals surface area contributed by atoms with E-state index in [1.807, 2.05) is 47.4 Å². The van der Waals surface area contributed by atoms with Crippen LogP contribution in [-0.2, 0) is 23.6 Å². The molecule has 0 radical (unpaired) electrons. The van der Waals surface area contributed by atoms with Crippen molar-refractivity contribution in [3.8, 4) is 0 Å². The molecule has 0 N–H and O–H groups in total. The highest BCUT2D eigenvalue weighted by Gasteiger charge is 2.13. The van der Waals surface area contributed by atoms with E-state index < -0.39 is 0 Å². The number of hydrogen-bond donors (Lipinski definition) is 0. The number of imidazole rings is 1. The molecule has 1 heterocycles. The Morgan fingerprint density at radius 1 is 1.00 bits per heavy atom. The maximum absolute atomic E-state index is 6.22. The fraction of sp³-hybridized carbons (Fsp3) is 0.250. The minimum atomic E-state index is 0.231. The number of nitrogens with zero attached hydrogens (tertiary/aromatic N) is 2. The van der Waals surface area contributed by atoms with E-state index in [1.165, 1.54) is 0 Å². The lowest BCUT2D eigenvalue weighted by molar-refractivity contribution is 0.119. The Kier molecular flexibility index (Phi) is 8.39. The zero-order valence-electron chi connectivity index (χ0n) is 14.8. The predicted molar refractivity (Wildman–Crippen MR) is 120 cm³/mol. The first-order valence-corrected chi connectivity index (χ1v) is 11.1. The largest absolute Gasteiger partial charge is 0.375 e. The van der Waals surface area contributed by atoms with Gasteiger partial charge in [-0.05, 0) is 35.4 Å². The van der Waals surface area contributed by atoms with Crippen molar-refractivity contribution in [3.63, 3.8) is 0 Å². The third-order valence-electron chi connectivity index (χ3n) is 4.02. The quantitative estimate of drug-likeness (QED) is 0.332. The lowest BCUT2D eigenvalue weighted by Crippen LogP contribution is -2.19. The van der Waals surface area contributed by atoms with Gasteiger partial charge in [0.2, 0.25) is 0 Å². The van der Waals surface area contributed by atoms with E-state index in [0.717, 1.165) is 23.4 Å². The molecular weight excluding hydrogens is 458 g/mol. The molecule has 0 amide bonds. The molecule has 0 aliphatic rings. The van der Waals surface area contributed by atoms with Gasteiger partial charge in [0.05, 0.1) is 29.6 Å². The fourth-order valence-corrected chi connectivity index (χ4v) is 4.43. The van der Waals surface area contributed by atoms with Crippen LogP contribution in [0.1, 0.15) is 11.1 Å². The van der Waals surface area contributed by atoms with Crippen LogP contribution in [-0.4, -0.2) is 21.4 Å². The van der Waals surface area contributed by atoms with Gasteiger partial charge >= 0.3 is 0 Å². The molecule has 1 unspecified atom stereocenters. The topological polar surface area (TPSA) is 27.1 Å². The molecular formula is C20H18Cl4N2OS. The summed E-state index contributed by atoms with van der Waals surface area (Å²) in [7, 11) is 0. The molecule has 1 atom stereocenters. The Morgan fingerprint density at radius 2 is 1.86 bits per heavy atom. The SMILES string of the molecule is Clc1ccc(COCC(Cn2ccnc2)SCc2ccc(Cl)c(Cl)c2)c(Cl)c1. The van der Waals surface area contributed by atoms with Crippen molar-refractivity contribution in [1.29, 1.82) is 0 Å². The average Bonchev–Trinajstić information content (AvgIpc) is 3.17. The normalized spacial score (nSPS) is 12.3. The van der Waals surface area contributed by atoms with Gasteiger partial charge in [-0.25, -0.2) is 4.98 Å². The minimum absolute atomic E-state index is 0.231. The standard InChI is InChI=1S/C20H18Cl4N2OS/c21-16-3-2-15(19(23)8-16)10-27-11-17(9-26-6-5-25-13-26)28-12-14-1-4-18(22)20(24)7-14/h1-8,13,17H,9-12H2. The Morgan fingerprint density at radius 3 is 2.57 bits per heavy atom. The molecule has 0 spiro atoms. The molecule has 1 aromatic heterocycles. The van der Waals surface area contributed by atoms with Crippen molar-refractivity contribution in [2.45, 2.75) is 24.2 Å². The maximum Gasteiger partial charge on any atom is 0.0946 e. The lowest BCUT2D eigenvalue weighted by atomic mass is 10.2. The third kappa shape index (κ3) is 6.58. The summed E-state index contributed by atoms with van der Waals surface area (Å²) >= 11 is 26.1. The van der Waals surface area contributed by atoms with Gasteiger partial charge in [-0.1, -0.05) is 58.5 Å². The van der Waals surface area contributed by atoms with Crippen LogP contribution in [0.2, 0.25) is 20.1 Å². The van der Waals surface area contributed by atoms with Gasteiger partial charge in [-0.15, -0.1) is 11.8 Å². The highest BCUT2D eigenvalue weighted by molar-refractivity contribution is 7.99. The number of halogens is 4. The first-order valence-electron chi connectivity index (χ1n) is 8.54. The lowest BCUT2D eigenvalue weighted by Gasteiger charge is -2.18. The Balaban J connectivity index is 1.58. The Hall–Kier alpha value is -0.880. The van der Waals surface area contributed by atoms with Crippen LogP contribution in [0.15, 0.2) is 55.1 Å². The summed E-state index contributed by atoms with van der Waals surface area (Å²) in [6, 6.07) is 11.1. The molecule has 0 saturated heterocycles. The van der Waals surface area contributed by atoms with E-state index in [1.54, 1.807) is 24.0 Å². The van der Waals surface area contributed by atoms with Crippen molar-refractivity contribution in [1.82, 2.24) is 9.55 Å². The van der Waals surface area contributed by atoms with Gasteiger partial charge in [-0.3, -0.25) is 0 Å². The van der Waals surface area contributed by atoms with Gasteiger partial charge in [0.25, 0.3) is 0 Å². The second kappa shape index (κ2) is 10.8. The number of ether oxygens (including phenoxy) is 1. The van der Waals surface area contributed by atoms with E-state index in [2.05, 4.69) is 4.98 Å². The minimum Gasteiger partial charge on any atom is -0.375 e. The number of rotatable bonds is 9. The van der Waals surface area contributed by atoms with Crippen LogP contribution in [0.5, 0.6) is 0 Å². The molecule has 3 aromatic rings. The summed E-state index contributed by atoms with van der Waals surface area (Å²) in [4.78, 5) is 4.11. The van der Waals surface area contributed by atoms with Crippen LogP contribution < -0.4 is 0 Å². The molecule has 0 aliphatic heterocycles. The number of thioether (sulfide) groups is 1. The van der Waals surface area contributed by atoms with Gasteiger partial charge in [0, 0.05) is 40.0 Å². The zero-order valence-corrected chi connectivity index (χ0v) is 18.7. The van der Waals surface area contributed by atoms with Crippen LogP contribution in [0, 0.1) is 0 Å². The van der Waals surface area contributed by atoms with Crippen molar-refractivity contribution in [2.75, 3.05) is 6.61 Å². The number of hydrogen-bond acceptors (Lipinski definition) is 3. The fourth-order valence-electron chi connectivity index (χ4n) is 2.57. The molecule has 0 saturated carbocycles. The van der Waals surface area contributed by atoms with Crippen molar-refractivity contribution < 1.29 is 4.74 Å². The maximum atomic E-state index is 6.22. The number of aromatic nitrogens is 2. The van der Waals surface area contributed by atoms with E-state index in [0.29, 0.717) is 33.3 Å². The van der Waals surface area contributed by atoms with Gasteiger partial charge in [0.1, 0.15) is 0 Å². The molecule has 0 bridgehead atoms. The predicted octanol–water partition coefficient (Wildman–Crippen LogP) is 7.02. The van der Waals surface area contributed by atoms with E-state index in [4.69, 9.17) is 51.1 Å². The first kappa shape index (κ1) is 21.8. The first-order chi connectivity index (χ1) is 13.5. The molecule has 0 aliphatic carbocycles. The highest BCUT2D eigenvalue weighted by Crippen LogP contribution is 2.27. The van der Waals surface area contributed by atoms with Crippen molar-refractivity contribution >= 4 is 58.2 Å². The zero-order chi connectivity index (χ0) is 19.9. The molecule has 0 fully saturated rings. The molecule has 8 heteroatoms. The van der Waals surface area contributed by atoms with Gasteiger partial charge in [-0.2, -0.15) is 0 Å². The Bertz CT molecular complexity index is 905. The summed E-state index contributed by atoms with van der Waals surface area (Å²) < 4.78 is 8.00. The molecule has 3 rings (SSSR count). The second-order valence-corrected chi connectivity index (χ2v) is 9.14. The third-order valence-corrected chi connectivity index (χ3v) is 6.60. The van der Waals surface area contributed by atoms with Crippen LogP contribution in [0.4, 0.5) is 0 Å². The summed E-state index contributed by atoms with van der Waals surface area (Å²) in [5.74, 6) is 0.807.